The highest BCUT2D eigenvalue weighted by Crippen LogP contribution is 2.41. The second-order valence-electron chi connectivity index (χ2n) is 4.40. The molecule has 0 amide bonds. The van der Waals surface area contributed by atoms with E-state index in [9.17, 15) is 4.79 Å². The van der Waals surface area contributed by atoms with Gasteiger partial charge in [-0.25, -0.2) is 0 Å². The maximum absolute atomic E-state index is 11.0. The highest BCUT2D eigenvalue weighted by molar-refractivity contribution is 5.63. The van der Waals surface area contributed by atoms with Crippen molar-refractivity contribution in [2.24, 2.45) is 0 Å². The van der Waals surface area contributed by atoms with E-state index in [1.807, 2.05) is 6.92 Å². The molecule has 0 aromatic rings. The minimum absolute atomic E-state index is 0.421. The van der Waals surface area contributed by atoms with Gasteiger partial charge in [-0.2, -0.15) is 0 Å². The van der Waals surface area contributed by atoms with E-state index >= 15 is 0 Å². The second-order valence-corrected chi connectivity index (χ2v) is 4.40. The minimum Gasteiger partial charge on any atom is -0.346 e. The van der Waals surface area contributed by atoms with Gasteiger partial charge in [0.2, 0.25) is 0 Å². The predicted molar refractivity (Wildman–Crippen MR) is 51.9 cm³/mol. The van der Waals surface area contributed by atoms with Crippen molar-refractivity contribution in [1.82, 2.24) is 0 Å². The third-order valence-corrected chi connectivity index (χ3v) is 3.40. The van der Waals surface area contributed by atoms with Crippen molar-refractivity contribution >= 4 is 6.29 Å². The molecule has 0 aromatic heterocycles. The standard InChI is InChI=1S/C11H18O3/c1-2-10(8-12)9-13-11(14-10)6-4-3-5-7-11/h8H,2-7,9H2,1H3/t10-/m1/s1. The van der Waals surface area contributed by atoms with Gasteiger partial charge in [0, 0.05) is 12.8 Å². The Hall–Kier alpha value is -0.410. The van der Waals surface area contributed by atoms with Crippen LogP contribution in [0.25, 0.3) is 0 Å². The molecular weight excluding hydrogens is 180 g/mol. The van der Waals surface area contributed by atoms with Gasteiger partial charge in [0.15, 0.2) is 12.1 Å². The van der Waals surface area contributed by atoms with Gasteiger partial charge in [-0.05, 0) is 19.3 Å². The van der Waals surface area contributed by atoms with Crippen LogP contribution in [0.4, 0.5) is 0 Å². The topological polar surface area (TPSA) is 35.5 Å². The van der Waals surface area contributed by atoms with Gasteiger partial charge in [0.1, 0.15) is 5.60 Å². The molecule has 1 atom stereocenters. The summed E-state index contributed by atoms with van der Waals surface area (Å²) in [5.41, 5.74) is -0.655. The summed E-state index contributed by atoms with van der Waals surface area (Å²) in [4.78, 5) is 11.0. The number of hydrogen-bond donors (Lipinski definition) is 0. The van der Waals surface area contributed by atoms with Crippen LogP contribution in [-0.4, -0.2) is 24.3 Å². The van der Waals surface area contributed by atoms with E-state index in [0.717, 1.165) is 32.0 Å². The summed E-state index contributed by atoms with van der Waals surface area (Å²) in [6.45, 7) is 2.41. The van der Waals surface area contributed by atoms with Crippen LogP contribution in [0.1, 0.15) is 45.4 Å². The monoisotopic (exact) mass is 198 g/mol. The maximum Gasteiger partial charge on any atom is 0.169 e. The van der Waals surface area contributed by atoms with Crippen molar-refractivity contribution in [3.8, 4) is 0 Å². The molecule has 1 saturated heterocycles. The van der Waals surface area contributed by atoms with Crippen LogP contribution < -0.4 is 0 Å². The average molecular weight is 198 g/mol. The quantitative estimate of drug-likeness (QED) is 0.637. The van der Waals surface area contributed by atoms with Gasteiger partial charge < -0.3 is 14.3 Å². The van der Waals surface area contributed by atoms with Gasteiger partial charge in [0.25, 0.3) is 0 Å². The van der Waals surface area contributed by atoms with E-state index in [1.54, 1.807) is 0 Å². The second kappa shape index (κ2) is 3.63. The Balaban J connectivity index is 2.08. The number of ether oxygens (including phenoxy) is 2. The fourth-order valence-corrected chi connectivity index (χ4v) is 2.34. The summed E-state index contributed by atoms with van der Waals surface area (Å²) in [7, 11) is 0. The maximum atomic E-state index is 11.0. The largest absolute Gasteiger partial charge is 0.346 e. The molecule has 1 aliphatic carbocycles. The fraction of sp³-hybridized carbons (Fsp3) is 0.909. The first-order valence-corrected chi connectivity index (χ1v) is 5.55. The van der Waals surface area contributed by atoms with Crippen molar-refractivity contribution in [3.63, 3.8) is 0 Å². The highest BCUT2D eigenvalue weighted by atomic mass is 16.8. The molecule has 1 spiro atoms. The lowest BCUT2D eigenvalue weighted by atomic mass is 9.94. The lowest BCUT2D eigenvalue weighted by Gasteiger charge is -2.33. The zero-order valence-electron chi connectivity index (χ0n) is 8.75. The Labute approximate surface area is 84.8 Å². The molecule has 0 bridgehead atoms. The van der Waals surface area contributed by atoms with Gasteiger partial charge >= 0.3 is 0 Å². The summed E-state index contributed by atoms with van der Waals surface area (Å²) in [6.07, 6.45) is 7.08. The molecule has 0 radical (unpaired) electrons. The van der Waals surface area contributed by atoms with Crippen LogP contribution in [0, 0.1) is 0 Å². The molecule has 1 aliphatic heterocycles. The van der Waals surface area contributed by atoms with Crippen LogP contribution in [0.5, 0.6) is 0 Å². The van der Waals surface area contributed by atoms with Crippen molar-refractivity contribution in [1.29, 1.82) is 0 Å². The third-order valence-electron chi connectivity index (χ3n) is 3.40. The molecule has 2 fully saturated rings. The fourth-order valence-electron chi connectivity index (χ4n) is 2.34. The van der Waals surface area contributed by atoms with E-state index in [4.69, 9.17) is 9.47 Å². The zero-order chi connectivity index (χ0) is 10.1. The van der Waals surface area contributed by atoms with Crippen molar-refractivity contribution in [2.75, 3.05) is 6.61 Å². The van der Waals surface area contributed by atoms with Crippen LogP contribution in [0.3, 0.4) is 0 Å². The van der Waals surface area contributed by atoms with E-state index in [1.165, 1.54) is 6.42 Å². The van der Waals surface area contributed by atoms with E-state index < -0.39 is 11.4 Å². The molecule has 80 valence electrons. The van der Waals surface area contributed by atoms with Crippen LogP contribution >= 0.6 is 0 Å². The highest BCUT2D eigenvalue weighted by Gasteiger charge is 2.49. The Bertz CT molecular complexity index is 221. The smallest absolute Gasteiger partial charge is 0.169 e. The minimum atomic E-state index is -0.655. The Kier molecular flexibility index (Phi) is 2.62. The average Bonchev–Trinajstić information content (AvgIpc) is 2.60. The lowest BCUT2D eigenvalue weighted by molar-refractivity contribution is -0.202. The number of aldehydes is 1. The van der Waals surface area contributed by atoms with E-state index in [-0.39, 0.29) is 0 Å². The number of rotatable bonds is 2. The van der Waals surface area contributed by atoms with Gasteiger partial charge in [-0.3, -0.25) is 0 Å². The lowest BCUT2D eigenvalue weighted by Crippen LogP contribution is -2.39. The van der Waals surface area contributed by atoms with E-state index in [0.29, 0.717) is 13.0 Å². The van der Waals surface area contributed by atoms with Crippen LogP contribution in [-0.2, 0) is 14.3 Å². The molecule has 1 saturated carbocycles. The molecule has 0 unspecified atom stereocenters. The van der Waals surface area contributed by atoms with Crippen molar-refractivity contribution < 1.29 is 14.3 Å². The summed E-state index contributed by atoms with van der Waals surface area (Å²) in [5.74, 6) is -0.421. The normalized spacial score (nSPS) is 36.1. The molecule has 0 N–H and O–H groups in total. The zero-order valence-corrected chi connectivity index (χ0v) is 8.75. The molecule has 0 aromatic carbocycles. The summed E-state index contributed by atoms with van der Waals surface area (Å²) < 4.78 is 11.6. The Morgan fingerprint density at radius 3 is 2.50 bits per heavy atom. The van der Waals surface area contributed by atoms with Crippen LogP contribution in [0.2, 0.25) is 0 Å². The molecule has 3 nitrogen and oxygen atoms in total. The molecule has 3 heteroatoms. The van der Waals surface area contributed by atoms with Gasteiger partial charge in [0.05, 0.1) is 6.61 Å². The van der Waals surface area contributed by atoms with Gasteiger partial charge in [-0.15, -0.1) is 0 Å². The SMILES string of the molecule is CC[C@@]1(C=O)COC2(CCCCC2)O1. The first kappa shape index (κ1) is 10.1. The van der Waals surface area contributed by atoms with Crippen molar-refractivity contribution in [3.05, 3.63) is 0 Å². The predicted octanol–water partition coefficient (Wildman–Crippen LogP) is 2.04. The summed E-state index contributed by atoms with van der Waals surface area (Å²) >= 11 is 0. The van der Waals surface area contributed by atoms with Gasteiger partial charge in [-0.1, -0.05) is 13.3 Å². The molecule has 2 rings (SSSR count). The number of carbonyl (C=O) groups is 1. The molecule has 14 heavy (non-hydrogen) atoms. The summed E-state index contributed by atoms with van der Waals surface area (Å²) in [5, 5.41) is 0. The first-order chi connectivity index (χ1) is 6.74. The van der Waals surface area contributed by atoms with Crippen LogP contribution in [0.15, 0.2) is 0 Å². The molecule has 1 heterocycles. The third kappa shape index (κ3) is 1.59. The van der Waals surface area contributed by atoms with E-state index in [2.05, 4.69) is 0 Å². The summed E-state index contributed by atoms with van der Waals surface area (Å²) in [6, 6.07) is 0. The number of carbonyl (C=O) groups excluding carboxylic acids is 1. The first-order valence-electron chi connectivity index (χ1n) is 5.55. The van der Waals surface area contributed by atoms with Crippen molar-refractivity contribution in [2.45, 2.75) is 56.8 Å². The Morgan fingerprint density at radius 2 is 2.00 bits per heavy atom. The molecule has 2 aliphatic rings. The number of hydrogen-bond acceptors (Lipinski definition) is 3. The Morgan fingerprint density at radius 1 is 1.29 bits per heavy atom. The molecular formula is C11H18O3.